The predicted octanol–water partition coefficient (Wildman–Crippen LogP) is 2.94. The molecule has 2 aromatic carbocycles. The van der Waals surface area contributed by atoms with Crippen molar-refractivity contribution in [1.29, 1.82) is 0 Å². The van der Waals surface area contributed by atoms with Crippen LogP contribution in [0.1, 0.15) is 5.56 Å². The first-order valence-corrected chi connectivity index (χ1v) is 7.10. The molecule has 0 saturated heterocycles. The lowest BCUT2D eigenvalue weighted by Gasteiger charge is -2.22. The lowest BCUT2D eigenvalue weighted by molar-refractivity contribution is 0.680. The van der Waals surface area contributed by atoms with E-state index >= 15 is 0 Å². The maximum Gasteiger partial charge on any atom is 0.0459 e. The molecule has 2 aromatic rings. The number of hydrogen-bond acceptors (Lipinski definition) is 1. The highest BCUT2D eigenvalue weighted by molar-refractivity contribution is 7.99. The van der Waals surface area contributed by atoms with E-state index in [2.05, 4.69) is 11.9 Å². The highest BCUT2D eigenvalue weighted by Crippen LogP contribution is 2.37. The fraction of sp³-hybridized carbons (Fsp3) is 0.0714. The van der Waals surface area contributed by atoms with Gasteiger partial charge in [0.25, 0.3) is 0 Å². The molecular weight excluding hydrogens is 216 g/mol. The van der Waals surface area contributed by atoms with Gasteiger partial charge in [0, 0.05) is 20.2 Å². The molecule has 1 aliphatic heterocycles. The van der Waals surface area contributed by atoms with E-state index in [9.17, 15) is 4.21 Å². The maximum atomic E-state index is 12.5. The van der Waals surface area contributed by atoms with E-state index in [1.54, 1.807) is 0 Å². The summed E-state index contributed by atoms with van der Waals surface area (Å²) in [5, 5.41) is 0. The minimum Gasteiger partial charge on any atom is -0.263 e. The summed E-state index contributed by atoms with van der Waals surface area (Å²) < 4.78 is 12.5. The van der Waals surface area contributed by atoms with Crippen molar-refractivity contribution in [2.45, 2.75) is 10.6 Å². The third-order valence-corrected chi connectivity index (χ3v) is 4.92. The second-order valence-corrected chi connectivity index (χ2v) is 6.46. The zero-order valence-electron chi connectivity index (χ0n) is 8.85. The summed E-state index contributed by atoms with van der Waals surface area (Å²) in [6, 6.07) is 16.0. The van der Waals surface area contributed by atoms with E-state index in [-0.39, 0.29) is 0 Å². The van der Waals surface area contributed by atoms with Crippen LogP contribution in [0.15, 0.2) is 53.4 Å². The van der Waals surface area contributed by atoms with Crippen molar-refractivity contribution in [3.05, 3.63) is 54.1 Å². The van der Waals surface area contributed by atoms with Crippen LogP contribution in [0, 0.1) is 0 Å². The van der Waals surface area contributed by atoms with Crippen molar-refractivity contribution in [1.82, 2.24) is 0 Å². The third kappa shape index (κ3) is 1.30. The zero-order chi connectivity index (χ0) is 11.2. The monoisotopic (exact) mass is 228 g/mol. The Morgan fingerprint density at radius 1 is 0.938 bits per heavy atom. The Morgan fingerprint density at radius 3 is 2.38 bits per heavy atom. The minimum atomic E-state index is -2.16. The highest BCUT2D eigenvalue weighted by Gasteiger charge is 2.22. The SMILES string of the molecule is C=S1(=O)Cc2ccccc2-c2ccccc21. The first-order valence-electron chi connectivity index (χ1n) is 5.21. The molecular formula is C14H12OS. The van der Waals surface area contributed by atoms with Gasteiger partial charge >= 0.3 is 0 Å². The molecule has 0 N–H and O–H groups in total. The summed E-state index contributed by atoms with van der Waals surface area (Å²) in [5.41, 5.74) is 3.41. The summed E-state index contributed by atoms with van der Waals surface area (Å²) in [7, 11) is -2.16. The first kappa shape index (κ1) is 9.67. The molecule has 1 atom stereocenters. The van der Waals surface area contributed by atoms with Crippen LogP contribution in [0.3, 0.4) is 0 Å². The summed E-state index contributed by atoms with van der Waals surface area (Å²) in [5.74, 6) is 4.45. The van der Waals surface area contributed by atoms with E-state index in [1.165, 1.54) is 5.56 Å². The van der Waals surface area contributed by atoms with Crippen molar-refractivity contribution < 1.29 is 4.21 Å². The second-order valence-electron chi connectivity index (χ2n) is 4.11. The van der Waals surface area contributed by atoms with Gasteiger partial charge in [-0.25, -0.2) is 0 Å². The smallest absolute Gasteiger partial charge is 0.0459 e. The largest absolute Gasteiger partial charge is 0.263 e. The molecule has 80 valence electrons. The Morgan fingerprint density at radius 2 is 1.56 bits per heavy atom. The van der Waals surface area contributed by atoms with Crippen molar-refractivity contribution in [3.63, 3.8) is 0 Å². The van der Waals surface area contributed by atoms with Crippen LogP contribution in [-0.2, 0) is 15.3 Å². The van der Waals surface area contributed by atoms with E-state index in [0.29, 0.717) is 5.75 Å². The van der Waals surface area contributed by atoms with E-state index in [0.717, 1.165) is 16.0 Å². The molecule has 1 heterocycles. The first-order chi connectivity index (χ1) is 7.68. The maximum absolute atomic E-state index is 12.5. The Balaban J connectivity index is 2.42. The minimum absolute atomic E-state index is 0.556. The van der Waals surface area contributed by atoms with E-state index in [4.69, 9.17) is 0 Å². The number of rotatable bonds is 0. The van der Waals surface area contributed by atoms with Gasteiger partial charge in [-0.2, -0.15) is 0 Å². The van der Waals surface area contributed by atoms with Gasteiger partial charge < -0.3 is 0 Å². The van der Waals surface area contributed by atoms with Gasteiger partial charge in [-0.05, 0) is 28.6 Å². The molecule has 2 heteroatoms. The van der Waals surface area contributed by atoms with Crippen molar-refractivity contribution in [2.75, 3.05) is 0 Å². The van der Waals surface area contributed by atoms with Gasteiger partial charge in [-0.3, -0.25) is 4.21 Å². The Hall–Kier alpha value is -1.54. The standard InChI is InChI=1S/C14H12OS/c1-16(15)10-11-6-2-3-7-12(11)13-8-4-5-9-14(13)16/h2-9H,1,10H2. The summed E-state index contributed by atoms with van der Waals surface area (Å²) in [4.78, 5) is 0.897. The topological polar surface area (TPSA) is 17.1 Å². The molecule has 0 aliphatic carbocycles. The molecule has 0 aromatic heterocycles. The fourth-order valence-electron chi connectivity index (χ4n) is 2.25. The summed E-state index contributed by atoms with van der Waals surface area (Å²) in [6.45, 7) is 0. The lowest BCUT2D eigenvalue weighted by atomic mass is 10.0. The average molecular weight is 228 g/mol. The molecule has 0 amide bonds. The van der Waals surface area contributed by atoms with Gasteiger partial charge in [-0.1, -0.05) is 42.5 Å². The van der Waals surface area contributed by atoms with Gasteiger partial charge in [0.2, 0.25) is 0 Å². The fourth-order valence-corrected chi connectivity index (χ4v) is 4.07. The lowest BCUT2D eigenvalue weighted by Crippen LogP contribution is -2.12. The van der Waals surface area contributed by atoms with Crippen LogP contribution in [0.5, 0.6) is 0 Å². The van der Waals surface area contributed by atoms with Crippen LogP contribution in [-0.4, -0.2) is 10.1 Å². The second kappa shape index (κ2) is 3.22. The summed E-state index contributed by atoms with van der Waals surface area (Å²) in [6.07, 6.45) is 0. The van der Waals surface area contributed by atoms with Crippen LogP contribution in [0.4, 0.5) is 0 Å². The molecule has 0 radical (unpaired) electrons. The molecule has 1 nitrogen and oxygen atoms in total. The van der Waals surface area contributed by atoms with Gasteiger partial charge in [-0.15, -0.1) is 0 Å². The van der Waals surface area contributed by atoms with Crippen LogP contribution in [0.25, 0.3) is 11.1 Å². The average Bonchev–Trinajstić information content (AvgIpc) is 2.29. The normalized spacial score (nSPS) is 22.2. The number of benzene rings is 2. The molecule has 0 saturated carbocycles. The highest BCUT2D eigenvalue weighted by atomic mass is 32.2. The van der Waals surface area contributed by atoms with Crippen molar-refractivity contribution in [3.8, 4) is 11.1 Å². The van der Waals surface area contributed by atoms with Crippen LogP contribution >= 0.6 is 0 Å². The molecule has 0 spiro atoms. The Bertz CT molecular complexity index is 654. The number of hydrogen-bond donors (Lipinski definition) is 0. The summed E-state index contributed by atoms with van der Waals surface area (Å²) >= 11 is 0. The molecule has 1 aliphatic rings. The van der Waals surface area contributed by atoms with Crippen LogP contribution < -0.4 is 0 Å². The molecule has 3 rings (SSSR count). The quantitative estimate of drug-likeness (QED) is 0.634. The van der Waals surface area contributed by atoms with E-state index < -0.39 is 9.52 Å². The van der Waals surface area contributed by atoms with Crippen molar-refractivity contribution in [2.24, 2.45) is 0 Å². The van der Waals surface area contributed by atoms with Gasteiger partial charge in [0.15, 0.2) is 0 Å². The van der Waals surface area contributed by atoms with Crippen LogP contribution in [0.2, 0.25) is 0 Å². The zero-order valence-corrected chi connectivity index (χ0v) is 9.67. The molecule has 16 heavy (non-hydrogen) atoms. The third-order valence-electron chi connectivity index (χ3n) is 2.98. The van der Waals surface area contributed by atoms with E-state index in [1.807, 2.05) is 42.5 Å². The number of fused-ring (bicyclic) bond motifs is 3. The van der Waals surface area contributed by atoms with Crippen molar-refractivity contribution >= 4 is 15.4 Å². The van der Waals surface area contributed by atoms with Gasteiger partial charge in [0.1, 0.15) is 0 Å². The molecule has 0 bridgehead atoms. The predicted molar refractivity (Wildman–Crippen MR) is 69.1 cm³/mol. The Kier molecular flexibility index (Phi) is 1.95. The molecule has 1 unspecified atom stereocenters. The van der Waals surface area contributed by atoms with Gasteiger partial charge in [0.05, 0.1) is 0 Å². The Labute approximate surface area is 95.8 Å². The molecule has 0 fully saturated rings.